The summed E-state index contributed by atoms with van der Waals surface area (Å²) >= 11 is 0. The normalized spacial score (nSPS) is 27.1. The summed E-state index contributed by atoms with van der Waals surface area (Å²) in [6, 6.07) is 10.6. The average molecular weight is 470 g/mol. The highest BCUT2D eigenvalue weighted by molar-refractivity contribution is 5.88. The highest BCUT2D eigenvalue weighted by atomic mass is 16.2. The van der Waals surface area contributed by atoms with E-state index in [2.05, 4.69) is 39.8 Å². The third-order valence-corrected chi connectivity index (χ3v) is 8.33. The lowest BCUT2D eigenvalue weighted by Crippen LogP contribution is -2.56. The third-order valence-electron chi connectivity index (χ3n) is 8.33. The fourth-order valence-corrected chi connectivity index (χ4v) is 5.78. The first-order valence-electron chi connectivity index (χ1n) is 12.6. The topological polar surface area (TPSA) is 85.0 Å². The standard InChI is InChI=1S/C26H39N5O3/c1-27-26(21-10-5-4-6-11-21)14-12-25(13-15-26)19-30(18-22(32)28-16-23(33)29(2)3)24(34)31(25)17-20-8-7-9-20/h4-6,10-11,20,27H,7-9,12-19H2,1-3H3,(H,28,32). The van der Waals surface area contributed by atoms with Gasteiger partial charge >= 0.3 is 6.03 Å². The van der Waals surface area contributed by atoms with Gasteiger partial charge < -0.3 is 25.3 Å². The highest BCUT2D eigenvalue weighted by Gasteiger charge is 2.54. The van der Waals surface area contributed by atoms with E-state index in [-0.39, 0.29) is 42.0 Å². The number of likely N-dealkylation sites (N-methyl/N-ethyl adjacent to an activating group) is 1. The molecule has 0 radical (unpaired) electrons. The third kappa shape index (κ3) is 4.78. The first kappa shape index (κ1) is 24.5. The van der Waals surface area contributed by atoms with E-state index in [1.165, 1.54) is 29.7 Å². The number of carbonyl (C=O) groups is 3. The maximum Gasteiger partial charge on any atom is 0.321 e. The zero-order valence-electron chi connectivity index (χ0n) is 20.8. The Morgan fingerprint density at radius 1 is 1.09 bits per heavy atom. The minimum atomic E-state index is -0.283. The minimum absolute atomic E-state index is 0.00167. The summed E-state index contributed by atoms with van der Waals surface area (Å²) in [6.45, 7) is 1.31. The fraction of sp³-hybridized carbons (Fsp3) is 0.654. The molecule has 1 saturated heterocycles. The van der Waals surface area contributed by atoms with Crippen LogP contribution in [0.3, 0.4) is 0 Å². The molecule has 8 nitrogen and oxygen atoms in total. The molecular weight excluding hydrogens is 430 g/mol. The Bertz CT molecular complexity index is 891. The molecule has 3 aliphatic rings. The summed E-state index contributed by atoms with van der Waals surface area (Å²) in [4.78, 5) is 43.2. The second kappa shape index (κ2) is 9.94. The van der Waals surface area contributed by atoms with Gasteiger partial charge in [-0.05, 0) is 57.1 Å². The molecule has 2 N–H and O–H groups in total. The van der Waals surface area contributed by atoms with Crippen molar-refractivity contribution in [1.29, 1.82) is 0 Å². The summed E-state index contributed by atoms with van der Waals surface area (Å²) in [5.74, 6) is 0.118. The van der Waals surface area contributed by atoms with E-state index in [4.69, 9.17) is 0 Å². The van der Waals surface area contributed by atoms with Crippen molar-refractivity contribution in [3.05, 3.63) is 35.9 Å². The predicted octanol–water partition coefficient (Wildman–Crippen LogP) is 2.16. The van der Waals surface area contributed by atoms with Gasteiger partial charge in [0.05, 0.1) is 12.1 Å². The van der Waals surface area contributed by atoms with Crippen molar-refractivity contribution in [2.75, 3.05) is 47.3 Å². The molecule has 3 fully saturated rings. The number of rotatable bonds is 8. The Kier molecular flexibility index (Phi) is 7.17. The molecule has 8 heteroatoms. The van der Waals surface area contributed by atoms with Gasteiger partial charge in [0.1, 0.15) is 6.54 Å². The van der Waals surface area contributed by atoms with Gasteiger partial charge in [-0.3, -0.25) is 9.59 Å². The molecule has 0 bridgehead atoms. The van der Waals surface area contributed by atoms with E-state index < -0.39 is 0 Å². The summed E-state index contributed by atoms with van der Waals surface area (Å²) in [5, 5.41) is 6.26. The maximum atomic E-state index is 13.5. The van der Waals surface area contributed by atoms with E-state index in [0.29, 0.717) is 12.5 Å². The van der Waals surface area contributed by atoms with Crippen LogP contribution < -0.4 is 10.6 Å². The molecule has 186 valence electrons. The Labute approximate surface area is 203 Å². The average Bonchev–Trinajstić information content (AvgIpc) is 3.06. The first-order chi connectivity index (χ1) is 16.3. The van der Waals surface area contributed by atoms with Gasteiger partial charge in [-0.15, -0.1) is 0 Å². The number of hydrogen-bond acceptors (Lipinski definition) is 4. The Balaban J connectivity index is 1.47. The second-order valence-corrected chi connectivity index (χ2v) is 10.5. The zero-order valence-corrected chi connectivity index (χ0v) is 20.8. The van der Waals surface area contributed by atoms with Crippen molar-refractivity contribution < 1.29 is 14.4 Å². The van der Waals surface area contributed by atoms with Crippen molar-refractivity contribution in [3.63, 3.8) is 0 Å². The molecule has 4 amide bonds. The number of nitrogens with one attached hydrogen (secondary N) is 2. The second-order valence-electron chi connectivity index (χ2n) is 10.5. The van der Waals surface area contributed by atoms with Crippen LogP contribution in [-0.4, -0.2) is 85.4 Å². The number of nitrogens with zero attached hydrogens (tertiary/aromatic N) is 3. The zero-order chi connectivity index (χ0) is 24.3. The number of urea groups is 1. The SMILES string of the molecule is CNC1(c2ccccc2)CCC2(CC1)CN(CC(=O)NCC(=O)N(C)C)C(=O)N2CC1CCC1. The van der Waals surface area contributed by atoms with Gasteiger partial charge in [0, 0.05) is 32.7 Å². The van der Waals surface area contributed by atoms with Crippen molar-refractivity contribution in [1.82, 2.24) is 25.3 Å². The largest absolute Gasteiger partial charge is 0.347 e. The van der Waals surface area contributed by atoms with Crippen LogP contribution in [0.15, 0.2) is 30.3 Å². The van der Waals surface area contributed by atoms with E-state index in [1.807, 2.05) is 13.1 Å². The lowest BCUT2D eigenvalue weighted by Gasteiger charge is -2.49. The molecule has 34 heavy (non-hydrogen) atoms. The van der Waals surface area contributed by atoms with E-state index >= 15 is 0 Å². The van der Waals surface area contributed by atoms with Gasteiger partial charge in [-0.1, -0.05) is 36.8 Å². The molecule has 2 saturated carbocycles. The van der Waals surface area contributed by atoms with Gasteiger partial charge in [0.15, 0.2) is 0 Å². The molecule has 0 unspecified atom stereocenters. The summed E-state index contributed by atoms with van der Waals surface area (Å²) < 4.78 is 0. The smallest absolute Gasteiger partial charge is 0.321 e. The Morgan fingerprint density at radius 2 is 1.76 bits per heavy atom. The molecule has 2 aliphatic carbocycles. The van der Waals surface area contributed by atoms with Crippen molar-refractivity contribution in [3.8, 4) is 0 Å². The summed E-state index contributed by atoms with van der Waals surface area (Å²) in [5.41, 5.74) is 0.973. The monoisotopic (exact) mass is 469 g/mol. The van der Waals surface area contributed by atoms with Crippen LogP contribution >= 0.6 is 0 Å². The summed E-state index contributed by atoms with van der Waals surface area (Å²) in [6.07, 6.45) is 7.28. The molecular formula is C26H39N5O3. The number of hydrogen-bond donors (Lipinski definition) is 2. The van der Waals surface area contributed by atoms with Crippen LogP contribution in [0.2, 0.25) is 0 Å². The molecule has 4 rings (SSSR count). The Morgan fingerprint density at radius 3 is 2.32 bits per heavy atom. The molecule has 1 aliphatic heterocycles. The number of carbonyl (C=O) groups excluding carboxylic acids is 3. The van der Waals surface area contributed by atoms with Crippen molar-refractivity contribution >= 4 is 17.8 Å². The van der Waals surface area contributed by atoms with Crippen molar-refractivity contribution in [2.24, 2.45) is 5.92 Å². The molecule has 1 spiro atoms. The maximum absolute atomic E-state index is 13.5. The van der Waals surface area contributed by atoms with Crippen LogP contribution in [0.25, 0.3) is 0 Å². The van der Waals surface area contributed by atoms with Crippen LogP contribution in [0.1, 0.15) is 50.5 Å². The molecule has 0 aromatic heterocycles. The van der Waals surface area contributed by atoms with E-state index in [0.717, 1.165) is 32.2 Å². The van der Waals surface area contributed by atoms with Gasteiger partial charge in [-0.2, -0.15) is 0 Å². The Hall–Kier alpha value is -2.61. The van der Waals surface area contributed by atoms with Crippen LogP contribution in [0.5, 0.6) is 0 Å². The van der Waals surface area contributed by atoms with E-state index in [1.54, 1.807) is 19.0 Å². The van der Waals surface area contributed by atoms with Crippen molar-refractivity contribution in [2.45, 2.75) is 56.0 Å². The molecule has 1 aromatic carbocycles. The molecule has 1 heterocycles. The van der Waals surface area contributed by atoms with Gasteiger partial charge in [0.25, 0.3) is 0 Å². The van der Waals surface area contributed by atoms with Crippen LogP contribution in [-0.2, 0) is 15.1 Å². The fourth-order valence-electron chi connectivity index (χ4n) is 5.78. The van der Waals surface area contributed by atoms with Gasteiger partial charge in [0.2, 0.25) is 11.8 Å². The first-order valence-corrected chi connectivity index (χ1v) is 12.6. The quantitative estimate of drug-likeness (QED) is 0.611. The van der Waals surface area contributed by atoms with E-state index in [9.17, 15) is 14.4 Å². The molecule has 1 aromatic rings. The van der Waals surface area contributed by atoms with Gasteiger partial charge in [-0.25, -0.2) is 4.79 Å². The van der Waals surface area contributed by atoms with Crippen LogP contribution in [0.4, 0.5) is 4.79 Å². The molecule has 0 atom stereocenters. The predicted molar refractivity (Wildman–Crippen MR) is 131 cm³/mol. The summed E-state index contributed by atoms with van der Waals surface area (Å²) in [7, 11) is 5.34. The minimum Gasteiger partial charge on any atom is -0.347 e. The number of amides is 4. The van der Waals surface area contributed by atoms with Crippen LogP contribution in [0, 0.1) is 5.92 Å². The lowest BCUT2D eigenvalue weighted by atomic mass is 9.68. The lowest BCUT2D eigenvalue weighted by molar-refractivity contribution is -0.131. The highest BCUT2D eigenvalue weighted by Crippen LogP contribution is 2.47. The number of benzene rings is 1.